The second-order valence-corrected chi connectivity index (χ2v) is 4.42. The van der Waals surface area contributed by atoms with E-state index in [1.54, 1.807) is 0 Å². The smallest absolute Gasteiger partial charge is 0.205 e. The van der Waals surface area contributed by atoms with E-state index in [0.717, 1.165) is 0 Å². The van der Waals surface area contributed by atoms with Gasteiger partial charge in [0.15, 0.2) is 46.5 Å². The van der Waals surface area contributed by atoms with E-state index in [1.165, 1.54) is 0 Å². The molecule has 0 aliphatic rings. The van der Waals surface area contributed by atoms with Crippen LogP contribution in [0.15, 0.2) is 0 Å². The van der Waals surface area contributed by atoms with Crippen molar-refractivity contribution in [3.63, 3.8) is 0 Å². The third-order valence-electron chi connectivity index (χ3n) is 3.05. The Hall–Kier alpha value is -2.85. The summed E-state index contributed by atoms with van der Waals surface area (Å²) in [6, 6.07) is 0. The Morgan fingerprint density at radius 2 is 0.792 bits per heavy atom. The molecule has 24 heavy (non-hydrogen) atoms. The van der Waals surface area contributed by atoms with E-state index in [-0.39, 0.29) is 0 Å². The molecular weight excluding hydrogens is 352 g/mol. The van der Waals surface area contributed by atoms with Crippen molar-refractivity contribution in [2.45, 2.75) is 0 Å². The van der Waals surface area contributed by atoms with Gasteiger partial charge in [-0.25, -0.2) is 35.1 Å². The highest BCUT2D eigenvalue weighted by Gasteiger charge is 2.34. The second kappa shape index (κ2) is 5.65. The molecule has 11 heteroatoms. The molecule has 0 aliphatic heterocycles. The summed E-state index contributed by atoms with van der Waals surface area (Å²) in [5.74, 6) is -20.8. The molecule has 0 fully saturated rings. The number of nitrogen functional groups attached to an aromatic ring is 2. The van der Waals surface area contributed by atoms with Gasteiger partial charge in [0.05, 0.1) is 11.1 Å². The van der Waals surface area contributed by atoms with Crippen molar-refractivity contribution in [2.75, 3.05) is 11.5 Å². The fraction of sp³-hybridized carbons (Fsp3) is 0. The van der Waals surface area contributed by atoms with Crippen molar-refractivity contribution in [3.05, 3.63) is 57.7 Å². The minimum atomic E-state index is -2.47. The summed E-state index contributed by atoms with van der Waals surface area (Å²) in [6.45, 7) is 0. The third kappa shape index (κ3) is 2.23. The molecule has 0 aliphatic carbocycles. The summed E-state index contributed by atoms with van der Waals surface area (Å²) in [7, 11) is 0. The van der Waals surface area contributed by atoms with Crippen LogP contribution in [0.25, 0.3) is 0 Å². The number of hydrogen-bond acceptors (Lipinski definition) is 3. The van der Waals surface area contributed by atoms with Crippen LogP contribution in [0.5, 0.6) is 0 Å². The minimum Gasteiger partial charge on any atom is -0.394 e. The summed E-state index contributed by atoms with van der Waals surface area (Å²) < 4.78 is 107. The number of rotatable bonds is 2. The molecule has 0 radical (unpaired) electrons. The standard InChI is InChI=1S/C13H4F8N2O/c14-3-1(5(16)11(22)9(20)7(3)18)13(24)2-4(15)8(19)10(21)12(23)6(2)17/h22-23H2. The van der Waals surface area contributed by atoms with Crippen LogP contribution < -0.4 is 11.5 Å². The highest BCUT2D eigenvalue weighted by molar-refractivity contribution is 6.10. The maximum atomic E-state index is 13.7. The molecule has 0 saturated carbocycles. The lowest BCUT2D eigenvalue weighted by molar-refractivity contribution is 0.102. The normalized spacial score (nSPS) is 11.0. The summed E-state index contributed by atoms with van der Waals surface area (Å²) >= 11 is 0. The molecule has 0 atom stereocenters. The molecule has 0 heterocycles. The molecule has 4 N–H and O–H groups in total. The number of nitrogens with two attached hydrogens (primary N) is 2. The van der Waals surface area contributed by atoms with Gasteiger partial charge in [0.1, 0.15) is 11.4 Å². The summed E-state index contributed by atoms with van der Waals surface area (Å²) in [4.78, 5) is 11.9. The van der Waals surface area contributed by atoms with E-state index < -0.39 is 74.8 Å². The Balaban J connectivity index is 2.87. The average Bonchev–Trinajstić information content (AvgIpc) is 2.55. The second-order valence-electron chi connectivity index (χ2n) is 4.42. The predicted molar refractivity (Wildman–Crippen MR) is 64.8 cm³/mol. The lowest BCUT2D eigenvalue weighted by Gasteiger charge is -2.12. The number of hydrogen-bond donors (Lipinski definition) is 2. The van der Waals surface area contributed by atoms with Crippen molar-refractivity contribution in [1.29, 1.82) is 0 Å². The maximum Gasteiger partial charge on any atom is 0.205 e. The molecule has 0 unspecified atom stereocenters. The lowest BCUT2D eigenvalue weighted by Crippen LogP contribution is -2.18. The highest BCUT2D eigenvalue weighted by atomic mass is 19.2. The topological polar surface area (TPSA) is 69.1 Å². The van der Waals surface area contributed by atoms with Crippen molar-refractivity contribution >= 4 is 17.2 Å². The predicted octanol–water partition coefficient (Wildman–Crippen LogP) is 3.19. The molecule has 2 aromatic rings. The maximum absolute atomic E-state index is 13.7. The van der Waals surface area contributed by atoms with E-state index in [0.29, 0.717) is 0 Å². The molecule has 2 aromatic carbocycles. The van der Waals surface area contributed by atoms with Crippen LogP contribution in [0.3, 0.4) is 0 Å². The number of carbonyl (C=O) groups is 1. The van der Waals surface area contributed by atoms with Gasteiger partial charge in [-0.3, -0.25) is 4.79 Å². The minimum absolute atomic E-state index is 1.66. The van der Waals surface area contributed by atoms with Gasteiger partial charge < -0.3 is 11.5 Å². The van der Waals surface area contributed by atoms with E-state index in [2.05, 4.69) is 0 Å². The first-order chi connectivity index (χ1) is 11.0. The van der Waals surface area contributed by atoms with Crippen LogP contribution in [0.4, 0.5) is 46.5 Å². The zero-order valence-electron chi connectivity index (χ0n) is 11.1. The number of carbonyl (C=O) groups excluding carboxylic acids is 1. The summed E-state index contributed by atoms with van der Waals surface area (Å²) in [5, 5.41) is 0. The molecule has 0 spiro atoms. The van der Waals surface area contributed by atoms with Gasteiger partial charge in [-0.2, -0.15) is 0 Å². The highest BCUT2D eigenvalue weighted by Crippen LogP contribution is 2.32. The van der Waals surface area contributed by atoms with Gasteiger partial charge in [-0.05, 0) is 0 Å². The largest absolute Gasteiger partial charge is 0.394 e. The monoisotopic (exact) mass is 356 g/mol. The zero-order valence-corrected chi connectivity index (χ0v) is 11.1. The molecule has 0 amide bonds. The van der Waals surface area contributed by atoms with E-state index >= 15 is 0 Å². The SMILES string of the molecule is Nc1c(F)c(F)c(F)c(C(=O)c2c(F)c(N)c(F)c(F)c2F)c1F. The fourth-order valence-corrected chi connectivity index (χ4v) is 1.83. The van der Waals surface area contributed by atoms with Crippen molar-refractivity contribution in [2.24, 2.45) is 0 Å². The summed E-state index contributed by atoms with van der Waals surface area (Å²) in [5.41, 5.74) is 2.22. The Bertz CT molecular complexity index is 767. The van der Waals surface area contributed by atoms with Gasteiger partial charge in [0.2, 0.25) is 5.78 Å². The summed E-state index contributed by atoms with van der Waals surface area (Å²) in [6.07, 6.45) is 0. The Morgan fingerprint density at radius 1 is 0.500 bits per heavy atom. The van der Waals surface area contributed by atoms with Crippen molar-refractivity contribution < 1.29 is 39.9 Å². The van der Waals surface area contributed by atoms with Crippen LogP contribution in [0.1, 0.15) is 15.9 Å². The number of benzene rings is 2. The van der Waals surface area contributed by atoms with Crippen LogP contribution in [0, 0.1) is 46.5 Å². The average molecular weight is 356 g/mol. The van der Waals surface area contributed by atoms with Gasteiger partial charge in [0, 0.05) is 0 Å². The third-order valence-corrected chi connectivity index (χ3v) is 3.05. The van der Waals surface area contributed by atoms with Crippen molar-refractivity contribution in [1.82, 2.24) is 0 Å². The van der Waals surface area contributed by atoms with Crippen LogP contribution in [0.2, 0.25) is 0 Å². The van der Waals surface area contributed by atoms with Gasteiger partial charge in [-0.1, -0.05) is 0 Å². The number of anilines is 2. The van der Waals surface area contributed by atoms with Crippen LogP contribution in [-0.4, -0.2) is 5.78 Å². The zero-order chi connectivity index (χ0) is 18.5. The molecule has 0 bridgehead atoms. The molecule has 2 rings (SSSR count). The van der Waals surface area contributed by atoms with E-state index in [1.807, 2.05) is 0 Å². The van der Waals surface area contributed by atoms with Gasteiger partial charge >= 0.3 is 0 Å². The first-order valence-electron chi connectivity index (χ1n) is 5.79. The fourth-order valence-electron chi connectivity index (χ4n) is 1.83. The molecule has 0 saturated heterocycles. The molecule has 0 aromatic heterocycles. The van der Waals surface area contributed by atoms with Gasteiger partial charge in [0.25, 0.3) is 0 Å². The quantitative estimate of drug-likeness (QED) is 0.286. The number of ketones is 1. The van der Waals surface area contributed by atoms with Crippen molar-refractivity contribution in [3.8, 4) is 0 Å². The number of halogens is 8. The molecular formula is C13H4F8N2O. The van der Waals surface area contributed by atoms with E-state index in [9.17, 15) is 39.9 Å². The Labute approximate surface area is 127 Å². The van der Waals surface area contributed by atoms with E-state index in [4.69, 9.17) is 11.5 Å². The molecule has 128 valence electrons. The Kier molecular flexibility index (Phi) is 4.12. The Morgan fingerprint density at radius 3 is 1.08 bits per heavy atom. The first kappa shape index (κ1) is 17.5. The van der Waals surface area contributed by atoms with Crippen LogP contribution in [-0.2, 0) is 0 Å². The molecule has 3 nitrogen and oxygen atoms in total. The first-order valence-corrected chi connectivity index (χ1v) is 5.79. The lowest BCUT2D eigenvalue weighted by atomic mass is 9.99. The van der Waals surface area contributed by atoms with Gasteiger partial charge in [-0.15, -0.1) is 0 Å². The van der Waals surface area contributed by atoms with Crippen LogP contribution >= 0.6 is 0 Å².